The molecule has 1 aliphatic heterocycles. The Morgan fingerprint density at radius 3 is 3.00 bits per heavy atom. The molecule has 0 aromatic heterocycles. The van der Waals surface area contributed by atoms with Crippen LogP contribution in [0.4, 0.5) is 0 Å². The molecule has 5 heteroatoms. The second-order valence-electron chi connectivity index (χ2n) is 4.16. The molecular formula is C12H14BrClN2O. The molecule has 2 N–H and O–H groups in total. The quantitative estimate of drug-likeness (QED) is 0.899. The Balaban J connectivity index is 1.87. The molecule has 1 saturated heterocycles. The first kappa shape index (κ1) is 12.9. The number of benzene rings is 1. The van der Waals surface area contributed by atoms with Gasteiger partial charge in [0.15, 0.2) is 0 Å². The van der Waals surface area contributed by atoms with Crippen molar-refractivity contribution in [1.29, 1.82) is 0 Å². The average Bonchev–Trinajstić information content (AvgIpc) is 2.30. The molecule has 0 radical (unpaired) electrons. The van der Waals surface area contributed by atoms with Crippen LogP contribution in [0.3, 0.4) is 0 Å². The highest BCUT2D eigenvalue weighted by Gasteiger charge is 2.17. The second-order valence-corrected chi connectivity index (χ2v) is 5.48. The second kappa shape index (κ2) is 5.85. The van der Waals surface area contributed by atoms with Crippen LogP contribution < -0.4 is 10.6 Å². The molecule has 1 amide bonds. The van der Waals surface area contributed by atoms with E-state index < -0.39 is 0 Å². The van der Waals surface area contributed by atoms with Crippen LogP contribution in [0.1, 0.15) is 18.4 Å². The molecular weight excluding hydrogens is 304 g/mol. The molecule has 1 aromatic rings. The van der Waals surface area contributed by atoms with Crippen molar-refractivity contribution in [3.8, 4) is 0 Å². The fourth-order valence-corrected chi connectivity index (χ4v) is 2.57. The summed E-state index contributed by atoms with van der Waals surface area (Å²) in [6.07, 6.45) is 1.49. The van der Waals surface area contributed by atoms with Gasteiger partial charge in [0, 0.05) is 35.0 Å². The van der Waals surface area contributed by atoms with Crippen molar-refractivity contribution in [3.63, 3.8) is 0 Å². The zero-order chi connectivity index (χ0) is 12.3. The van der Waals surface area contributed by atoms with Gasteiger partial charge in [-0.05, 0) is 24.1 Å². The van der Waals surface area contributed by atoms with Crippen molar-refractivity contribution in [2.45, 2.75) is 25.4 Å². The van der Waals surface area contributed by atoms with Gasteiger partial charge in [0.05, 0.1) is 0 Å². The van der Waals surface area contributed by atoms with E-state index in [0.29, 0.717) is 19.0 Å². The van der Waals surface area contributed by atoms with Crippen molar-refractivity contribution in [2.24, 2.45) is 0 Å². The molecule has 1 unspecified atom stereocenters. The van der Waals surface area contributed by atoms with E-state index in [1.165, 1.54) is 0 Å². The number of hydrogen-bond acceptors (Lipinski definition) is 2. The van der Waals surface area contributed by atoms with Gasteiger partial charge in [0.2, 0.25) is 5.91 Å². The van der Waals surface area contributed by atoms with Crippen molar-refractivity contribution in [2.75, 3.05) is 6.54 Å². The predicted molar refractivity (Wildman–Crippen MR) is 72.0 cm³/mol. The number of carbonyl (C=O) groups excluding carboxylic acids is 1. The Hall–Kier alpha value is -0.580. The van der Waals surface area contributed by atoms with E-state index in [1.807, 2.05) is 18.2 Å². The highest BCUT2D eigenvalue weighted by Crippen LogP contribution is 2.21. The fourth-order valence-electron chi connectivity index (χ4n) is 1.83. The number of halogens is 2. The number of hydrogen-bond donors (Lipinski definition) is 2. The minimum Gasteiger partial charge on any atom is -0.355 e. The summed E-state index contributed by atoms with van der Waals surface area (Å²) >= 11 is 9.51. The minimum atomic E-state index is 0.143. The smallest absolute Gasteiger partial charge is 0.220 e. The molecule has 1 atom stereocenters. The Kier molecular flexibility index (Phi) is 4.42. The fraction of sp³-hybridized carbons (Fsp3) is 0.417. The molecule has 2 rings (SSSR count). The van der Waals surface area contributed by atoms with Crippen LogP contribution in [0.5, 0.6) is 0 Å². The lowest BCUT2D eigenvalue weighted by molar-refractivity contribution is -0.122. The molecule has 1 aliphatic rings. The molecule has 1 aromatic carbocycles. The first-order chi connectivity index (χ1) is 8.15. The van der Waals surface area contributed by atoms with Gasteiger partial charge in [-0.15, -0.1) is 0 Å². The summed E-state index contributed by atoms with van der Waals surface area (Å²) in [4.78, 5) is 11.0. The molecule has 1 heterocycles. The third-order valence-electron chi connectivity index (χ3n) is 2.86. The normalized spacial score (nSPS) is 20.1. The van der Waals surface area contributed by atoms with Crippen LogP contribution in [-0.4, -0.2) is 18.5 Å². The molecule has 0 aliphatic carbocycles. The van der Waals surface area contributed by atoms with Gasteiger partial charge in [0.1, 0.15) is 0 Å². The van der Waals surface area contributed by atoms with E-state index in [1.54, 1.807) is 0 Å². The van der Waals surface area contributed by atoms with Crippen LogP contribution in [0.15, 0.2) is 22.7 Å². The van der Waals surface area contributed by atoms with E-state index in [2.05, 4.69) is 26.6 Å². The summed E-state index contributed by atoms with van der Waals surface area (Å²) in [5.74, 6) is 0.143. The molecule has 92 valence electrons. The van der Waals surface area contributed by atoms with E-state index in [9.17, 15) is 4.79 Å². The zero-order valence-corrected chi connectivity index (χ0v) is 11.6. The van der Waals surface area contributed by atoms with E-state index in [-0.39, 0.29) is 5.91 Å². The monoisotopic (exact) mass is 316 g/mol. The van der Waals surface area contributed by atoms with Crippen molar-refractivity contribution in [1.82, 2.24) is 10.6 Å². The number of amides is 1. The molecule has 0 saturated carbocycles. The zero-order valence-electron chi connectivity index (χ0n) is 9.30. The lowest BCUT2D eigenvalue weighted by atomic mass is 10.1. The molecule has 3 nitrogen and oxygen atoms in total. The van der Waals surface area contributed by atoms with E-state index >= 15 is 0 Å². The van der Waals surface area contributed by atoms with Crippen molar-refractivity contribution < 1.29 is 4.79 Å². The highest BCUT2D eigenvalue weighted by molar-refractivity contribution is 9.10. The number of piperidine rings is 1. The summed E-state index contributed by atoms with van der Waals surface area (Å²) in [6, 6.07) is 6.21. The molecule has 0 bridgehead atoms. The van der Waals surface area contributed by atoms with Gasteiger partial charge in [-0.3, -0.25) is 4.79 Å². The minimum absolute atomic E-state index is 0.143. The Morgan fingerprint density at radius 1 is 1.53 bits per heavy atom. The van der Waals surface area contributed by atoms with Crippen molar-refractivity contribution >= 4 is 33.4 Å². The summed E-state index contributed by atoms with van der Waals surface area (Å²) in [6.45, 7) is 1.43. The molecule has 0 spiro atoms. The van der Waals surface area contributed by atoms with Crippen molar-refractivity contribution in [3.05, 3.63) is 33.3 Å². The van der Waals surface area contributed by atoms with E-state index in [0.717, 1.165) is 28.0 Å². The maximum absolute atomic E-state index is 11.0. The first-order valence-corrected chi connectivity index (χ1v) is 6.76. The third kappa shape index (κ3) is 3.69. The van der Waals surface area contributed by atoms with Gasteiger partial charge in [-0.1, -0.05) is 33.6 Å². The van der Waals surface area contributed by atoms with Crippen LogP contribution in [0.25, 0.3) is 0 Å². The highest BCUT2D eigenvalue weighted by atomic mass is 79.9. The summed E-state index contributed by atoms with van der Waals surface area (Å²) in [7, 11) is 0. The standard InChI is InChI=1S/C12H14BrClN2O/c13-9-2-1-8(11(14)5-9)6-15-10-3-4-12(17)16-7-10/h1-2,5,10,15H,3-4,6-7H2,(H,16,17). The summed E-state index contributed by atoms with van der Waals surface area (Å²) < 4.78 is 0.983. The van der Waals surface area contributed by atoms with Gasteiger partial charge in [0.25, 0.3) is 0 Å². The van der Waals surface area contributed by atoms with Crippen LogP contribution in [-0.2, 0) is 11.3 Å². The van der Waals surface area contributed by atoms with Gasteiger partial charge < -0.3 is 10.6 Å². The lowest BCUT2D eigenvalue weighted by Gasteiger charge is -2.23. The van der Waals surface area contributed by atoms with Crippen LogP contribution in [0.2, 0.25) is 5.02 Å². The summed E-state index contributed by atoms with van der Waals surface area (Å²) in [5, 5.41) is 7.01. The van der Waals surface area contributed by atoms with Gasteiger partial charge >= 0.3 is 0 Å². The SMILES string of the molecule is O=C1CCC(NCc2ccc(Br)cc2Cl)CN1. The van der Waals surface area contributed by atoms with Gasteiger partial charge in [-0.25, -0.2) is 0 Å². The van der Waals surface area contributed by atoms with Gasteiger partial charge in [-0.2, -0.15) is 0 Å². The maximum Gasteiger partial charge on any atom is 0.220 e. The topological polar surface area (TPSA) is 41.1 Å². The Bertz CT molecular complexity index is 415. The first-order valence-electron chi connectivity index (χ1n) is 5.59. The molecule has 17 heavy (non-hydrogen) atoms. The average molecular weight is 318 g/mol. The predicted octanol–water partition coefficient (Wildman–Crippen LogP) is 2.47. The summed E-state index contributed by atoms with van der Waals surface area (Å²) in [5.41, 5.74) is 1.08. The number of nitrogens with one attached hydrogen (secondary N) is 2. The van der Waals surface area contributed by atoms with Crippen LogP contribution >= 0.6 is 27.5 Å². The number of rotatable bonds is 3. The Labute approximate surface area is 114 Å². The molecule has 1 fully saturated rings. The number of carbonyl (C=O) groups is 1. The lowest BCUT2D eigenvalue weighted by Crippen LogP contribution is -2.45. The third-order valence-corrected chi connectivity index (χ3v) is 3.71. The van der Waals surface area contributed by atoms with Crippen LogP contribution in [0, 0.1) is 0 Å². The maximum atomic E-state index is 11.0. The van der Waals surface area contributed by atoms with E-state index in [4.69, 9.17) is 11.6 Å². The largest absolute Gasteiger partial charge is 0.355 e. The Morgan fingerprint density at radius 2 is 2.35 bits per heavy atom.